The van der Waals surface area contributed by atoms with Gasteiger partial charge in [0.15, 0.2) is 11.5 Å². The maximum Gasteiger partial charge on any atom is 0.435 e. The van der Waals surface area contributed by atoms with Crippen molar-refractivity contribution >= 4 is 23.4 Å². The molecule has 2 aliphatic rings. The van der Waals surface area contributed by atoms with Gasteiger partial charge < -0.3 is 25.0 Å². The van der Waals surface area contributed by atoms with Gasteiger partial charge in [0.1, 0.15) is 5.82 Å². The van der Waals surface area contributed by atoms with Gasteiger partial charge in [-0.1, -0.05) is 0 Å². The number of hydrogen-bond donors (Lipinski definition) is 3. The van der Waals surface area contributed by atoms with Crippen LogP contribution in [0.2, 0.25) is 0 Å². The number of amides is 3. The quantitative estimate of drug-likeness (QED) is 0.340. The maximum atomic E-state index is 15.1. The average Bonchev–Trinajstić information content (AvgIpc) is 3.59. The lowest BCUT2D eigenvalue weighted by molar-refractivity contribution is -0.140. The molecule has 0 radical (unpaired) electrons. The summed E-state index contributed by atoms with van der Waals surface area (Å²) in [7, 11) is 1.22. The normalized spacial score (nSPS) is 16.4. The van der Waals surface area contributed by atoms with Crippen LogP contribution in [0.1, 0.15) is 45.2 Å². The third-order valence-electron chi connectivity index (χ3n) is 7.94. The molecule has 0 saturated carbocycles. The van der Waals surface area contributed by atoms with Crippen LogP contribution >= 0.6 is 0 Å². The first-order valence-electron chi connectivity index (χ1n) is 14.2. The van der Waals surface area contributed by atoms with Crippen LogP contribution in [-0.4, -0.2) is 93.0 Å². The number of nitrogens with one attached hydrogen (secondary N) is 3. The summed E-state index contributed by atoms with van der Waals surface area (Å²) in [5, 5.41) is 10.8. The minimum Gasteiger partial charge on any atom is -0.339 e. The zero-order valence-electron chi connectivity index (χ0n) is 24.1. The second-order valence-corrected chi connectivity index (χ2v) is 10.8. The van der Waals surface area contributed by atoms with Gasteiger partial charge in [0.2, 0.25) is 12.3 Å². The lowest BCUT2D eigenvalue weighted by Gasteiger charge is -2.37. The number of aromatic nitrogens is 4. The maximum absolute atomic E-state index is 15.1. The van der Waals surface area contributed by atoms with Crippen LogP contribution in [0.15, 0.2) is 24.4 Å². The van der Waals surface area contributed by atoms with Crippen LogP contribution in [0.5, 0.6) is 0 Å². The van der Waals surface area contributed by atoms with Crippen LogP contribution < -0.4 is 10.6 Å². The first-order chi connectivity index (χ1) is 21.3. The van der Waals surface area contributed by atoms with Crippen molar-refractivity contribution in [3.8, 4) is 11.3 Å². The van der Waals surface area contributed by atoms with Gasteiger partial charge in [-0.25, -0.2) is 18.2 Å². The van der Waals surface area contributed by atoms with Crippen LogP contribution in [0.4, 0.5) is 32.0 Å². The zero-order chi connectivity index (χ0) is 32.5. The van der Waals surface area contributed by atoms with Crippen LogP contribution in [-0.2, 0) is 24.4 Å². The van der Waals surface area contributed by atoms with E-state index in [1.807, 2.05) is 5.10 Å². The van der Waals surface area contributed by atoms with E-state index in [1.165, 1.54) is 24.1 Å². The van der Waals surface area contributed by atoms with E-state index in [1.54, 1.807) is 4.90 Å². The Kier molecular flexibility index (Phi) is 9.18. The van der Waals surface area contributed by atoms with E-state index >= 15 is 4.39 Å². The molecule has 242 valence electrons. The molecule has 2 aliphatic heterocycles. The van der Waals surface area contributed by atoms with E-state index in [0.29, 0.717) is 13.1 Å². The van der Waals surface area contributed by atoms with Gasteiger partial charge in [0, 0.05) is 44.8 Å². The fourth-order valence-corrected chi connectivity index (χ4v) is 5.59. The Morgan fingerprint density at radius 2 is 1.73 bits per heavy atom. The third-order valence-corrected chi connectivity index (χ3v) is 7.94. The molecule has 0 atom stereocenters. The Labute approximate surface area is 253 Å². The van der Waals surface area contributed by atoms with Crippen molar-refractivity contribution < 1.29 is 40.7 Å². The number of benzene rings is 1. The summed E-state index contributed by atoms with van der Waals surface area (Å²) < 4.78 is 82.8. The number of H-pyrrole nitrogens is 1. The van der Waals surface area contributed by atoms with Crippen molar-refractivity contribution in [3.63, 3.8) is 0 Å². The van der Waals surface area contributed by atoms with Gasteiger partial charge in [-0.05, 0) is 44.1 Å². The van der Waals surface area contributed by atoms with E-state index in [0.717, 1.165) is 42.8 Å². The average molecular weight is 641 g/mol. The molecule has 5 rings (SSSR count). The number of alkyl halides is 5. The summed E-state index contributed by atoms with van der Waals surface area (Å²) in [6.07, 6.45) is -6.54. The van der Waals surface area contributed by atoms with E-state index in [4.69, 9.17) is 0 Å². The molecule has 3 N–H and O–H groups in total. The number of hydrogen-bond acceptors (Lipinski definition) is 6. The predicted molar refractivity (Wildman–Crippen MR) is 148 cm³/mol. The van der Waals surface area contributed by atoms with Gasteiger partial charge >= 0.3 is 6.18 Å². The second kappa shape index (κ2) is 12.9. The zero-order valence-corrected chi connectivity index (χ0v) is 24.1. The highest BCUT2D eigenvalue weighted by Gasteiger charge is 2.40. The highest BCUT2D eigenvalue weighted by molar-refractivity contribution is 6.03. The topological polar surface area (TPSA) is 128 Å². The molecule has 1 aromatic carbocycles. The van der Waals surface area contributed by atoms with Crippen molar-refractivity contribution in [1.29, 1.82) is 0 Å². The molecular weight excluding hydrogens is 610 g/mol. The molecule has 0 aliphatic carbocycles. The number of imidazole rings is 1. The summed E-state index contributed by atoms with van der Waals surface area (Å²) in [4.78, 5) is 45.8. The minimum absolute atomic E-state index is 0.0444. The number of rotatable bonds is 7. The molecule has 4 heterocycles. The predicted octanol–water partition coefficient (Wildman–Crippen LogP) is 3.31. The number of aromatic amines is 1. The van der Waals surface area contributed by atoms with Crippen molar-refractivity contribution in [2.75, 3.05) is 44.6 Å². The Morgan fingerprint density at radius 3 is 2.36 bits per heavy atom. The Morgan fingerprint density at radius 1 is 1.07 bits per heavy atom. The van der Waals surface area contributed by atoms with E-state index in [9.17, 15) is 36.3 Å². The molecule has 17 heteroatoms. The third kappa shape index (κ3) is 6.82. The summed E-state index contributed by atoms with van der Waals surface area (Å²) in [5.74, 6) is -2.79. The summed E-state index contributed by atoms with van der Waals surface area (Å²) in [6.45, 7) is 2.71. The number of nitrogens with zero attached hydrogens (tertiary/aromatic N) is 5. The van der Waals surface area contributed by atoms with E-state index in [2.05, 4.69) is 20.7 Å². The molecule has 0 spiro atoms. The Bertz CT molecular complexity index is 1570. The molecular formula is C28H30F6N8O3. The molecule has 0 bridgehead atoms. The number of piperidine rings is 1. The Balaban J connectivity index is 1.25. The molecule has 3 aromatic rings. The van der Waals surface area contributed by atoms with E-state index in [-0.39, 0.29) is 47.7 Å². The highest BCUT2D eigenvalue weighted by Crippen LogP contribution is 2.38. The standard InChI is InChI=1S/C28H30F6N8O3/c1-40-20(22-19(13-21(30)31)38-39-23(22)28(32,33)34)14-36-24(40)25(43)37-16-2-3-17(18(29)12-16)27(45)42-10-8-41(9-11-42)26(44)15-4-6-35-7-5-15/h2-3,12,14-15,21,35H,4-11,13H2,1H3,(H,37,43)(H,38,39). The van der Waals surface area contributed by atoms with Crippen molar-refractivity contribution in [3.05, 3.63) is 53.0 Å². The molecule has 2 saturated heterocycles. The summed E-state index contributed by atoms with van der Waals surface area (Å²) in [6, 6.07) is 3.40. The fraction of sp³-hybridized carbons (Fsp3) is 0.464. The first kappa shape index (κ1) is 32.0. The smallest absolute Gasteiger partial charge is 0.339 e. The summed E-state index contributed by atoms with van der Waals surface area (Å²) >= 11 is 0. The lowest BCUT2D eigenvalue weighted by Crippen LogP contribution is -2.52. The molecule has 11 nitrogen and oxygen atoms in total. The van der Waals surface area contributed by atoms with Crippen LogP contribution in [0.3, 0.4) is 0 Å². The highest BCUT2D eigenvalue weighted by atomic mass is 19.4. The summed E-state index contributed by atoms with van der Waals surface area (Å²) in [5.41, 5.74) is -3.18. The minimum atomic E-state index is -4.98. The van der Waals surface area contributed by atoms with E-state index < -0.39 is 53.6 Å². The van der Waals surface area contributed by atoms with Gasteiger partial charge in [0.25, 0.3) is 11.8 Å². The Hall–Kier alpha value is -4.41. The first-order valence-corrected chi connectivity index (χ1v) is 14.2. The number of halogens is 6. The lowest BCUT2D eigenvalue weighted by atomic mass is 9.96. The van der Waals surface area contributed by atoms with Crippen molar-refractivity contribution in [1.82, 2.24) is 34.9 Å². The number of piperazine rings is 1. The number of carbonyl (C=O) groups excluding carboxylic acids is 3. The molecule has 45 heavy (non-hydrogen) atoms. The largest absolute Gasteiger partial charge is 0.435 e. The molecule has 2 aromatic heterocycles. The van der Waals surface area contributed by atoms with Gasteiger partial charge in [-0.3, -0.25) is 19.5 Å². The van der Waals surface area contributed by atoms with Crippen LogP contribution in [0, 0.1) is 11.7 Å². The monoisotopic (exact) mass is 640 g/mol. The van der Waals surface area contributed by atoms with Crippen LogP contribution in [0.25, 0.3) is 11.3 Å². The van der Waals surface area contributed by atoms with Gasteiger partial charge in [-0.2, -0.15) is 18.3 Å². The van der Waals surface area contributed by atoms with Crippen molar-refractivity contribution in [2.24, 2.45) is 13.0 Å². The second-order valence-electron chi connectivity index (χ2n) is 10.8. The SMILES string of the molecule is Cn1c(-c2c(C(F)(F)F)n[nH]c2CC(F)F)cnc1C(=O)Nc1ccc(C(=O)N2CCN(C(=O)C3CCNCC3)CC2)c(F)c1. The fourth-order valence-electron chi connectivity index (χ4n) is 5.59. The van der Waals surface area contributed by atoms with Crippen molar-refractivity contribution in [2.45, 2.75) is 31.9 Å². The molecule has 3 amide bonds. The van der Waals surface area contributed by atoms with Gasteiger partial charge in [-0.15, -0.1) is 0 Å². The number of carbonyl (C=O) groups is 3. The van der Waals surface area contributed by atoms with Gasteiger partial charge in [0.05, 0.1) is 35.1 Å². The number of anilines is 1. The molecule has 2 fully saturated rings. The molecule has 0 unspecified atom stereocenters.